The summed E-state index contributed by atoms with van der Waals surface area (Å²) in [6, 6.07) is 10.4. The zero-order valence-corrected chi connectivity index (χ0v) is 20.8. The number of nitrogens with zero attached hydrogens (tertiary/aromatic N) is 3. The Hall–Kier alpha value is -3.03. The molecule has 5 rings (SSSR count). The van der Waals surface area contributed by atoms with Gasteiger partial charge in [0, 0.05) is 28.3 Å². The first-order valence-electron chi connectivity index (χ1n) is 10.9. The van der Waals surface area contributed by atoms with Crippen LogP contribution in [0.2, 0.25) is 10.0 Å². The molecule has 0 fully saturated rings. The number of carbonyl (C=O) groups is 1. The monoisotopic (exact) mass is 498 g/mol. The van der Waals surface area contributed by atoms with Gasteiger partial charge in [0.1, 0.15) is 6.04 Å². The van der Waals surface area contributed by atoms with Crippen molar-refractivity contribution in [2.45, 2.75) is 32.7 Å². The van der Waals surface area contributed by atoms with E-state index < -0.39 is 6.04 Å². The van der Waals surface area contributed by atoms with E-state index >= 15 is 0 Å². The fourth-order valence-electron chi connectivity index (χ4n) is 4.72. The number of hydrogen-bond acceptors (Lipinski definition) is 6. The molecule has 0 saturated carbocycles. The van der Waals surface area contributed by atoms with Gasteiger partial charge in [0.15, 0.2) is 23.1 Å². The molecule has 1 aliphatic carbocycles. The summed E-state index contributed by atoms with van der Waals surface area (Å²) in [5.74, 6) is 2.27. The quantitative estimate of drug-likeness (QED) is 0.480. The largest absolute Gasteiger partial charge is 0.493 e. The molecule has 9 heteroatoms. The summed E-state index contributed by atoms with van der Waals surface area (Å²) in [5.41, 5.74) is 2.91. The number of anilines is 1. The van der Waals surface area contributed by atoms with Gasteiger partial charge in [-0.1, -0.05) is 43.1 Å². The van der Waals surface area contributed by atoms with Crippen LogP contribution in [0.25, 0.3) is 11.4 Å². The molecule has 34 heavy (non-hydrogen) atoms. The van der Waals surface area contributed by atoms with Crippen LogP contribution in [0.3, 0.4) is 0 Å². The maximum atomic E-state index is 13.4. The van der Waals surface area contributed by atoms with Crippen molar-refractivity contribution in [3.8, 4) is 22.9 Å². The van der Waals surface area contributed by atoms with Gasteiger partial charge in [-0.15, -0.1) is 5.10 Å². The summed E-state index contributed by atoms with van der Waals surface area (Å²) in [7, 11) is 3.18. The molecule has 1 atom stereocenters. The Kier molecular flexibility index (Phi) is 5.57. The first-order chi connectivity index (χ1) is 16.2. The summed E-state index contributed by atoms with van der Waals surface area (Å²) < 4.78 is 12.7. The summed E-state index contributed by atoms with van der Waals surface area (Å²) in [4.78, 5) is 18.2. The summed E-state index contributed by atoms with van der Waals surface area (Å²) in [5, 5.41) is 9.15. The van der Waals surface area contributed by atoms with Crippen LogP contribution in [0.4, 0.5) is 5.95 Å². The average Bonchev–Trinajstić information content (AvgIpc) is 3.19. The Balaban J connectivity index is 1.70. The molecule has 176 valence electrons. The number of benzene rings is 2. The number of fused-ring (bicyclic) bond motifs is 1. The molecule has 1 N–H and O–H groups in total. The Morgan fingerprint density at radius 1 is 1.06 bits per heavy atom. The fraction of sp³-hybridized carbons (Fsp3) is 0.320. The lowest BCUT2D eigenvalue weighted by Gasteiger charge is -2.38. The van der Waals surface area contributed by atoms with E-state index in [4.69, 9.17) is 42.8 Å². The van der Waals surface area contributed by atoms with Crippen molar-refractivity contribution < 1.29 is 14.3 Å². The predicted molar refractivity (Wildman–Crippen MR) is 132 cm³/mol. The molecule has 2 aliphatic rings. The topological polar surface area (TPSA) is 78.3 Å². The van der Waals surface area contributed by atoms with E-state index in [9.17, 15) is 4.79 Å². The second-order valence-corrected chi connectivity index (χ2v) is 10.1. The van der Waals surface area contributed by atoms with Crippen molar-refractivity contribution in [3.05, 3.63) is 63.3 Å². The van der Waals surface area contributed by atoms with E-state index in [-0.39, 0.29) is 11.2 Å². The average molecular weight is 499 g/mol. The molecule has 0 saturated heterocycles. The number of nitrogens with one attached hydrogen (secondary N) is 1. The third-order valence-corrected chi connectivity index (χ3v) is 6.78. The minimum absolute atomic E-state index is 0.0887. The normalized spacial score (nSPS) is 18.8. The van der Waals surface area contributed by atoms with Crippen LogP contribution in [0.1, 0.15) is 38.3 Å². The zero-order chi connectivity index (χ0) is 24.2. The van der Waals surface area contributed by atoms with Gasteiger partial charge in [0.2, 0.25) is 5.95 Å². The summed E-state index contributed by atoms with van der Waals surface area (Å²) in [6.07, 6.45) is 1.18. The zero-order valence-electron chi connectivity index (χ0n) is 19.3. The van der Waals surface area contributed by atoms with Crippen molar-refractivity contribution >= 4 is 34.9 Å². The van der Waals surface area contributed by atoms with Crippen LogP contribution in [0, 0.1) is 5.41 Å². The molecule has 2 aromatic carbocycles. The number of halogens is 2. The van der Waals surface area contributed by atoms with Crippen molar-refractivity contribution in [1.82, 2.24) is 14.8 Å². The summed E-state index contributed by atoms with van der Waals surface area (Å²) >= 11 is 12.5. The molecule has 3 aromatic rings. The molecule has 1 aliphatic heterocycles. The number of hydrogen-bond donors (Lipinski definition) is 1. The van der Waals surface area contributed by atoms with Crippen molar-refractivity contribution in [2.24, 2.45) is 5.41 Å². The highest BCUT2D eigenvalue weighted by molar-refractivity contribution is 6.36. The third kappa shape index (κ3) is 3.83. The van der Waals surface area contributed by atoms with Crippen LogP contribution in [0.5, 0.6) is 11.5 Å². The van der Waals surface area contributed by atoms with Crippen LogP contribution in [0.15, 0.2) is 47.7 Å². The number of allylic oxidation sites excluding steroid dienone is 2. The highest BCUT2D eigenvalue weighted by Crippen LogP contribution is 2.47. The number of Topliss-reactive ketones (excluding diaryl/α,β-unsaturated/α-hetero) is 1. The number of ether oxygens (including phenoxy) is 2. The van der Waals surface area contributed by atoms with Crippen LogP contribution in [-0.4, -0.2) is 34.8 Å². The van der Waals surface area contributed by atoms with E-state index in [0.29, 0.717) is 50.9 Å². The second-order valence-electron chi connectivity index (χ2n) is 9.30. The maximum absolute atomic E-state index is 13.4. The fourth-order valence-corrected chi connectivity index (χ4v) is 5.22. The SMILES string of the molecule is COc1ccc(C2C3=C(CC(C)(C)CC3=O)Nc3nc(-c4ccc(Cl)cc4Cl)nn32)cc1OC. The molecule has 0 radical (unpaired) electrons. The number of aromatic nitrogens is 3. The van der Waals surface area contributed by atoms with Crippen molar-refractivity contribution in [3.63, 3.8) is 0 Å². The Morgan fingerprint density at radius 2 is 1.82 bits per heavy atom. The molecule has 7 nitrogen and oxygen atoms in total. The lowest BCUT2D eigenvalue weighted by Crippen LogP contribution is -2.36. The van der Waals surface area contributed by atoms with Crippen molar-refractivity contribution in [1.29, 1.82) is 0 Å². The van der Waals surface area contributed by atoms with E-state index in [0.717, 1.165) is 17.7 Å². The number of ketones is 1. The molecule has 2 heterocycles. The van der Waals surface area contributed by atoms with Gasteiger partial charge in [-0.25, -0.2) is 4.68 Å². The number of rotatable bonds is 4. The first-order valence-corrected chi connectivity index (χ1v) is 11.6. The minimum Gasteiger partial charge on any atom is -0.493 e. The molecule has 1 aromatic heterocycles. The molecular formula is C25H24Cl2N4O3. The van der Waals surface area contributed by atoms with Gasteiger partial charge >= 0.3 is 0 Å². The first kappa shape index (κ1) is 22.7. The standard InChI is InChI=1S/C25H24Cl2N4O3/c1-25(2)11-17-21(18(32)12-25)22(13-5-8-19(33-3)20(9-13)34-4)31-24(28-17)29-23(30-31)15-7-6-14(26)10-16(15)27/h5-10,22H,11-12H2,1-4H3,(H,28,29,30). The van der Waals surface area contributed by atoms with E-state index in [1.165, 1.54) is 0 Å². The smallest absolute Gasteiger partial charge is 0.226 e. The predicted octanol–water partition coefficient (Wildman–Crippen LogP) is 5.93. The van der Waals surface area contributed by atoms with E-state index in [1.54, 1.807) is 37.1 Å². The molecule has 0 amide bonds. The van der Waals surface area contributed by atoms with Gasteiger partial charge in [-0.3, -0.25) is 4.79 Å². The van der Waals surface area contributed by atoms with Gasteiger partial charge in [0.05, 0.1) is 19.2 Å². The second kappa shape index (κ2) is 8.32. The van der Waals surface area contributed by atoms with Gasteiger partial charge < -0.3 is 14.8 Å². The van der Waals surface area contributed by atoms with E-state index in [2.05, 4.69) is 19.2 Å². The Morgan fingerprint density at radius 3 is 2.53 bits per heavy atom. The van der Waals surface area contributed by atoms with Crippen molar-refractivity contribution in [2.75, 3.05) is 19.5 Å². The van der Waals surface area contributed by atoms with Gasteiger partial charge in [-0.05, 0) is 47.7 Å². The van der Waals surface area contributed by atoms with Crippen LogP contribution < -0.4 is 14.8 Å². The highest BCUT2D eigenvalue weighted by Gasteiger charge is 2.42. The lowest BCUT2D eigenvalue weighted by atomic mass is 9.73. The van der Waals surface area contributed by atoms with E-state index in [1.807, 2.05) is 18.2 Å². The minimum atomic E-state index is -0.470. The van der Waals surface area contributed by atoms with Crippen LogP contribution >= 0.6 is 23.2 Å². The molecule has 0 bridgehead atoms. The highest BCUT2D eigenvalue weighted by atomic mass is 35.5. The van der Waals surface area contributed by atoms with Gasteiger partial charge in [0.25, 0.3) is 0 Å². The molecule has 1 unspecified atom stereocenters. The third-order valence-electron chi connectivity index (χ3n) is 6.23. The molecular weight excluding hydrogens is 475 g/mol. The number of methoxy groups -OCH3 is 2. The lowest BCUT2D eigenvalue weighted by molar-refractivity contribution is -0.118. The number of carbonyl (C=O) groups excluding carboxylic acids is 1. The Labute approximate surface area is 207 Å². The maximum Gasteiger partial charge on any atom is 0.226 e. The van der Waals surface area contributed by atoms with Crippen LogP contribution in [-0.2, 0) is 4.79 Å². The van der Waals surface area contributed by atoms with Gasteiger partial charge in [-0.2, -0.15) is 4.98 Å². The summed E-state index contributed by atoms with van der Waals surface area (Å²) in [6.45, 7) is 4.19. The molecule has 0 spiro atoms. The Bertz CT molecular complexity index is 1350.